The van der Waals surface area contributed by atoms with Gasteiger partial charge in [0, 0.05) is 32.1 Å². The van der Waals surface area contributed by atoms with Gasteiger partial charge in [-0.15, -0.1) is 0 Å². The van der Waals surface area contributed by atoms with Crippen LogP contribution >= 0.6 is 0 Å². The van der Waals surface area contributed by atoms with E-state index in [1.807, 2.05) is 12.1 Å². The zero-order chi connectivity index (χ0) is 19.8. The Morgan fingerprint density at radius 1 is 1.32 bits per heavy atom. The van der Waals surface area contributed by atoms with Gasteiger partial charge in [0.1, 0.15) is 24.0 Å². The van der Waals surface area contributed by atoms with Crippen molar-refractivity contribution in [3.05, 3.63) is 72.0 Å². The average molecular weight is 386 g/mol. The van der Waals surface area contributed by atoms with Gasteiger partial charge in [-0.1, -0.05) is 6.07 Å². The highest BCUT2D eigenvalue weighted by molar-refractivity contribution is 5.73. The van der Waals surface area contributed by atoms with Crippen LogP contribution in [0.5, 0.6) is 0 Å². The number of hydrogen-bond acceptors (Lipinski definition) is 4. The molecule has 2 aromatic heterocycles. The fourth-order valence-electron chi connectivity index (χ4n) is 2.68. The Kier molecular flexibility index (Phi) is 6.80. The van der Waals surface area contributed by atoms with Gasteiger partial charge in [0.05, 0.1) is 12.0 Å². The molecule has 3 rings (SSSR count). The minimum atomic E-state index is -0.366. The third-order valence-corrected chi connectivity index (χ3v) is 4.13. The summed E-state index contributed by atoms with van der Waals surface area (Å²) in [6.07, 6.45) is 5.61. The summed E-state index contributed by atoms with van der Waals surface area (Å²) in [5.74, 6) is 1.11. The number of amides is 2. The first-order chi connectivity index (χ1) is 13.6. The van der Waals surface area contributed by atoms with Crippen LogP contribution in [0.3, 0.4) is 0 Å². The van der Waals surface area contributed by atoms with Crippen molar-refractivity contribution in [3.63, 3.8) is 0 Å². The van der Waals surface area contributed by atoms with Crippen LogP contribution < -0.4 is 10.6 Å². The summed E-state index contributed by atoms with van der Waals surface area (Å²) in [5.41, 5.74) is 1.11. The average Bonchev–Trinajstić information content (AvgIpc) is 3.35. The fourth-order valence-corrected chi connectivity index (χ4v) is 2.68. The molecule has 2 heterocycles. The molecule has 0 aliphatic carbocycles. The number of benzene rings is 1. The molecule has 8 heteroatoms. The Bertz CT molecular complexity index is 893. The number of carbonyl (C=O) groups is 1. The first kappa shape index (κ1) is 19.6. The van der Waals surface area contributed by atoms with Crippen LogP contribution in [0.15, 0.2) is 53.4 Å². The second kappa shape index (κ2) is 9.70. The van der Waals surface area contributed by atoms with E-state index in [0.717, 1.165) is 5.76 Å². The van der Waals surface area contributed by atoms with Crippen molar-refractivity contribution in [2.24, 2.45) is 0 Å². The van der Waals surface area contributed by atoms with Crippen LogP contribution in [-0.4, -0.2) is 28.7 Å². The zero-order valence-electron chi connectivity index (χ0n) is 15.7. The maximum absolute atomic E-state index is 14.3. The smallest absolute Gasteiger partial charge is 0.315 e. The fraction of sp³-hybridized carbons (Fsp3) is 0.300. The van der Waals surface area contributed by atoms with Crippen molar-refractivity contribution >= 4 is 6.03 Å². The molecule has 1 aromatic carbocycles. The normalized spacial score (nSPS) is 10.8. The van der Waals surface area contributed by atoms with E-state index in [1.54, 1.807) is 42.3 Å². The standard InChI is InChI=1S/C20H23FN4O3/c1-15-22-8-9-25(15)19-6-5-16(12-18(19)21)13-24-20(26)23-7-3-10-27-14-17-4-2-11-28-17/h2,4-6,8-9,11-12H,3,7,10,13-14H2,1H3,(H2,23,24,26). The van der Waals surface area contributed by atoms with Gasteiger partial charge >= 0.3 is 6.03 Å². The number of ether oxygens (including phenoxy) is 1. The number of nitrogens with zero attached hydrogens (tertiary/aromatic N) is 2. The summed E-state index contributed by atoms with van der Waals surface area (Å²) >= 11 is 0. The van der Waals surface area contributed by atoms with Gasteiger partial charge in [-0.25, -0.2) is 14.2 Å². The summed E-state index contributed by atoms with van der Waals surface area (Å²) in [4.78, 5) is 15.9. The summed E-state index contributed by atoms with van der Waals surface area (Å²) in [7, 11) is 0. The number of aromatic nitrogens is 2. The molecular formula is C20H23FN4O3. The van der Waals surface area contributed by atoms with Gasteiger partial charge < -0.3 is 24.4 Å². The van der Waals surface area contributed by atoms with Gasteiger partial charge in [-0.2, -0.15) is 0 Å². The molecule has 0 aliphatic rings. The number of imidazole rings is 1. The van der Waals surface area contributed by atoms with E-state index in [0.29, 0.717) is 43.3 Å². The Morgan fingerprint density at radius 3 is 2.93 bits per heavy atom. The van der Waals surface area contributed by atoms with E-state index in [9.17, 15) is 9.18 Å². The predicted octanol–water partition coefficient (Wildman–Crippen LogP) is 3.32. The lowest BCUT2D eigenvalue weighted by Crippen LogP contribution is -2.35. The third kappa shape index (κ3) is 5.43. The molecule has 0 bridgehead atoms. The number of hydrogen-bond donors (Lipinski definition) is 2. The van der Waals surface area contributed by atoms with E-state index < -0.39 is 0 Å². The number of nitrogens with one attached hydrogen (secondary N) is 2. The van der Waals surface area contributed by atoms with Gasteiger partial charge in [0.25, 0.3) is 0 Å². The quantitative estimate of drug-likeness (QED) is 0.553. The van der Waals surface area contributed by atoms with Gasteiger partial charge in [0.15, 0.2) is 0 Å². The van der Waals surface area contributed by atoms with Gasteiger partial charge in [0.2, 0.25) is 0 Å². The SMILES string of the molecule is Cc1nccn1-c1ccc(CNC(=O)NCCCOCc2ccco2)cc1F. The van der Waals surface area contributed by atoms with Crippen molar-refractivity contribution in [1.82, 2.24) is 20.2 Å². The van der Waals surface area contributed by atoms with Crippen molar-refractivity contribution in [2.45, 2.75) is 26.5 Å². The summed E-state index contributed by atoms with van der Waals surface area (Å²) < 4.78 is 26.6. The third-order valence-electron chi connectivity index (χ3n) is 4.13. The molecule has 148 valence electrons. The number of furan rings is 1. The lowest BCUT2D eigenvalue weighted by atomic mass is 10.2. The lowest BCUT2D eigenvalue weighted by molar-refractivity contribution is 0.104. The molecule has 0 saturated heterocycles. The van der Waals surface area contributed by atoms with E-state index >= 15 is 0 Å². The molecule has 0 fully saturated rings. The van der Waals surface area contributed by atoms with Crippen LogP contribution in [-0.2, 0) is 17.9 Å². The largest absolute Gasteiger partial charge is 0.467 e. The molecule has 28 heavy (non-hydrogen) atoms. The van der Waals surface area contributed by atoms with Crippen molar-refractivity contribution < 1.29 is 18.3 Å². The maximum Gasteiger partial charge on any atom is 0.315 e. The van der Waals surface area contributed by atoms with Crippen molar-refractivity contribution in [1.29, 1.82) is 0 Å². The van der Waals surface area contributed by atoms with Gasteiger partial charge in [-0.3, -0.25) is 0 Å². The van der Waals surface area contributed by atoms with E-state index in [4.69, 9.17) is 9.15 Å². The Hall–Kier alpha value is -3.13. The van der Waals surface area contributed by atoms with E-state index in [1.165, 1.54) is 6.07 Å². The molecule has 0 atom stereocenters. The topological polar surface area (TPSA) is 81.3 Å². The van der Waals surface area contributed by atoms with Crippen molar-refractivity contribution in [3.8, 4) is 5.69 Å². The molecule has 0 radical (unpaired) electrons. The minimum absolute atomic E-state index is 0.237. The second-order valence-corrected chi connectivity index (χ2v) is 6.23. The second-order valence-electron chi connectivity index (χ2n) is 6.23. The molecule has 0 spiro atoms. The predicted molar refractivity (Wildman–Crippen MR) is 101 cm³/mol. The minimum Gasteiger partial charge on any atom is -0.467 e. The van der Waals surface area contributed by atoms with Crippen LogP contribution in [0.4, 0.5) is 9.18 Å². The molecule has 2 N–H and O–H groups in total. The highest BCUT2D eigenvalue weighted by atomic mass is 19.1. The lowest BCUT2D eigenvalue weighted by Gasteiger charge is -2.10. The summed E-state index contributed by atoms with van der Waals surface area (Å²) in [6, 6.07) is 8.22. The summed E-state index contributed by atoms with van der Waals surface area (Å²) in [5, 5.41) is 5.46. The van der Waals surface area contributed by atoms with Crippen molar-refractivity contribution in [2.75, 3.05) is 13.2 Å². The highest BCUT2D eigenvalue weighted by Crippen LogP contribution is 2.16. The number of urea groups is 1. The maximum atomic E-state index is 14.3. The highest BCUT2D eigenvalue weighted by Gasteiger charge is 2.08. The molecule has 0 aliphatic heterocycles. The molecule has 0 saturated carbocycles. The number of aryl methyl sites for hydroxylation is 1. The first-order valence-corrected chi connectivity index (χ1v) is 9.04. The van der Waals surface area contributed by atoms with E-state index in [-0.39, 0.29) is 18.4 Å². The van der Waals surface area contributed by atoms with Crippen LogP contribution in [0, 0.1) is 12.7 Å². The summed E-state index contributed by atoms with van der Waals surface area (Å²) in [6.45, 7) is 3.46. The Morgan fingerprint density at radius 2 is 2.21 bits per heavy atom. The Balaban J connectivity index is 1.35. The molecule has 2 amide bonds. The van der Waals surface area contributed by atoms with Crippen LogP contribution in [0.1, 0.15) is 23.6 Å². The molecule has 0 unspecified atom stereocenters. The molecule has 7 nitrogen and oxygen atoms in total. The monoisotopic (exact) mass is 386 g/mol. The van der Waals surface area contributed by atoms with Gasteiger partial charge in [-0.05, 0) is 43.2 Å². The molecule has 3 aromatic rings. The van der Waals surface area contributed by atoms with Crippen LogP contribution in [0.2, 0.25) is 0 Å². The number of rotatable bonds is 9. The molecular weight excluding hydrogens is 363 g/mol. The Labute approximate surface area is 162 Å². The number of halogens is 1. The number of carbonyl (C=O) groups excluding carboxylic acids is 1. The van der Waals surface area contributed by atoms with E-state index in [2.05, 4.69) is 15.6 Å². The van der Waals surface area contributed by atoms with Crippen LogP contribution in [0.25, 0.3) is 5.69 Å². The first-order valence-electron chi connectivity index (χ1n) is 9.04. The zero-order valence-corrected chi connectivity index (χ0v) is 15.7.